The van der Waals surface area contributed by atoms with Crippen molar-refractivity contribution in [3.05, 3.63) is 29.8 Å². The Hall–Kier alpha value is -1.73. The lowest BCUT2D eigenvalue weighted by Crippen LogP contribution is -2.47. The Labute approximate surface area is 134 Å². The lowest BCUT2D eigenvalue weighted by Gasteiger charge is -2.33. The molecule has 1 heterocycles. The summed E-state index contributed by atoms with van der Waals surface area (Å²) in [7, 11) is 0. The minimum Gasteiger partial charge on any atom is -0.392 e. The predicted molar refractivity (Wildman–Crippen MR) is 84.3 cm³/mol. The van der Waals surface area contributed by atoms with Gasteiger partial charge in [0.15, 0.2) is 0 Å². The van der Waals surface area contributed by atoms with E-state index in [0.29, 0.717) is 6.54 Å². The van der Waals surface area contributed by atoms with Gasteiger partial charge in [0.05, 0.1) is 11.8 Å². The molecule has 0 spiro atoms. The number of nitrogens with one attached hydrogen (secondary N) is 2. The lowest BCUT2D eigenvalue weighted by atomic mass is 10.0. The molecule has 2 amide bonds. The normalized spacial score (nSPS) is 17.7. The zero-order valence-corrected chi connectivity index (χ0v) is 13.2. The monoisotopic (exact) mass is 327 g/mol. The van der Waals surface area contributed by atoms with E-state index in [1.807, 2.05) is 6.92 Å². The standard InChI is InChI=1S/C16H23F2N3O2/c1-2-13(22)10-21-7-5-12(6-8-21)19-16(23)20-15-4-3-11(17)9-14(15)18/h3-4,9,12-13,22H,2,5-8,10H2,1H3,(H2,19,20,23)/t13-/m1/s1. The van der Waals surface area contributed by atoms with E-state index >= 15 is 0 Å². The fourth-order valence-corrected chi connectivity index (χ4v) is 2.62. The minimum absolute atomic E-state index is 0.00790. The van der Waals surface area contributed by atoms with E-state index in [1.165, 1.54) is 6.07 Å². The molecule has 2 rings (SSSR count). The van der Waals surface area contributed by atoms with E-state index < -0.39 is 17.7 Å². The van der Waals surface area contributed by atoms with E-state index in [0.717, 1.165) is 44.5 Å². The first kappa shape index (κ1) is 17.6. The van der Waals surface area contributed by atoms with Crippen molar-refractivity contribution in [2.24, 2.45) is 0 Å². The summed E-state index contributed by atoms with van der Waals surface area (Å²) in [6, 6.07) is 2.53. The first-order valence-corrected chi connectivity index (χ1v) is 7.91. The Morgan fingerprint density at radius 2 is 2.09 bits per heavy atom. The van der Waals surface area contributed by atoms with Crippen LogP contribution >= 0.6 is 0 Å². The number of urea groups is 1. The Morgan fingerprint density at radius 3 is 2.70 bits per heavy atom. The third-order valence-electron chi connectivity index (χ3n) is 4.04. The van der Waals surface area contributed by atoms with Crippen molar-refractivity contribution in [1.82, 2.24) is 10.2 Å². The third kappa shape index (κ3) is 5.44. The number of carbonyl (C=O) groups is 1. The van der Waals surface area contributed by atoms with Crippen LogP contribution in [0.15, 0.2) is 18.2 Å². The van der Waals surface area contributed by atoms with Crippen LogP contribution in [0.25, 0.3) is 0 Å². The van der Waals surface area contributed by atoms with Gasteiger partial charge in [-0.2, -0.15) is 0 Å². The number of likely N-dealkylation sites (tertiary alicyclic amines) is 1. The molecule has 23 heavy (non-hydrogen) atoms. The highest BCUT2D eigenvalue weighted by Gasteiger charge is 2.22. The number of benzene rings is 1. The third-order valence-corrected chi connectivity index (χ3v) is 4.04. The van der Waals surface area contributed by atoms with Gasteiger partial charge in [-0.3, -0.25) is 0 Å². The van der Waals surface area contributed by atoms with Crippen molar-refractivity contribution in [2.75, 3.05) is 25.0 Å². The Bertz CT molecular complexity index is 534. The molecule has 0 radical (unpaired) electrons. The summed E-state index contributed by atoms with van der Waals surface area (Å²) in [6.07, 6.45) is 1.96. The number of halogens is 2. The minimum atomic E-state index is -0.802. The number of carbonyl (C=O) groups excluding carboxylic acids is 1. The molecule has 5 nitrogen and oxygen atoms in total. The fourth-order valence-electron chi connectivity index (χ4n) is 2.62. The van der Waals surface area contributed by atoms with Gasteiger partial charge >= 0.3 is 6.03 Å². The van der Waals surface area contributed by atoms with Crippen molar-refractivity contribution >= 4 is 11.7 Å². The summed E-state index contributed by atoms with van der Waals surface area (Å²) < 4.78 is 26.3. The Kier molecular flexibility index (Phi) is 6.29. The molecule has 1 aromatic rings. The molecule has 7 heteroatoms. The zero-order chi connectivity index (χ0) is 16.8. The lowest BCUT2D eigenvalue weighted by molar-refractivity contribution is 0.0925. The number of amides is 2. The van der Waals surface area contributed by atoms with Crippen LogP contribution in [-0.2, 0) is 0 Å². The van der Waals surface area contributed by atoms with Gasteiger partial charge in [0.2, 0.25) is 0 Å². The van der Waals surface area contributed by atoms with Crippen molar-refractivity contribution in [3.8, 4) is 0 Å². The van der Waals surface area contributed by atoms with E-state index in [2.05, 4.69) is 15.5 Å². The molecule has 0 unspecified atom stereocenters. The maximum absolute atomic E-state index is 13.5. The van der Waals surface area contributed by atoms with Crippen LogP contribution < -0.4 is 10.6 Å². The second-order valence-corrected chi connectivity index (χ2v) is 5.86. The smallest absolute Gasteiger partial charge is 0.319 e. The van der Waals surface area contributed by atoms with Crippen LogP contribution in [0.3, 0.4) is 0 Å². The predicted octanol–water partition coefficient (Wildman–Crippen LogP) is 2.32. The van der Waals surface area contributed by atoms with Crippen LogP contribution in [0.4, 0.5) is 19.3 Å². The summed E-state index contributed by atoms with van der Waals surface area (Å²) in [5, 5.41) is 14.8. The summed E-state index contributed by atoms with van der Waals surface area (Å²) in [4.78, 5) is 14.1. The molecule has 1 aliphatic rings. The van der Waals surface area contributed by atoms with E-state index in [9.17, 15) is 18.7 Å². The number of rotatable bonds is 5. The van der Waals surface area contributed by atoms with Crippen LogP contribution in [-0.4, -0.2) is 47.8 Å². The SMILES string of the molecule is CC[C@@H](O)CN1CCC(NC(=O)Nc2ccc(F)cc2F)CC1. The highest BCUT2D eigenvalue weighted by atomic mass is 19.1. The molecule has 128 valence electrons. The maximum Gasteiger partial charge on any atom is 0.319 e. The van der Waals surface area contributed by atoms with Crippen LogP contribution in [0.2, 0.25) is 0 Å². The van der Waals surface area contributed by atoms with Gasteiger partial charge in [-0.25, -0.2) is 13.6 Å². The number of aliphatic hydroxyl groups is 1. The molecule has 0 aromatic heterocycles. The second kappa shape index (κ2) is 8.21. The molecule has 0 saturated carbocycles. The van der Waals surface area contributed by atoms with E-state index in [4.69, 9.17) is 0 Å². The quantitative estimate of drug-likeness (QED) is 0.778. The largest absolute Gasteiger partial charge is 0.392 e. The number of anilines is 1. The summed E-state index contributed by atoms with van der Waals surface area (Å²) in [5.41, 5.74) is -0.0487. The van der Waals surface area contributed by atoms with Gasteiger partial charge in [-0.05, 0) is 31.4 Å². The molecule has 1 aliphatic heterocycles. The topological polar surface area (TPSA) is 64.6 Å². The molecule has 0 aliphatic carbocycles. The van der Waals surface area contributed by atoms with Gasteiger partial charge in [-0.1, -0.05) is 6.92 Å². The number of β-amino-alcohol motifs (C(OH)–C–C–N with tert-alkyl or cyclic N) is 1. The van der Waals surface area contributed by atoms with Crippen LogP contribution in [0.1, 0.15) is 26.2 Å². The van der Waals surface area contributed by atoms with E-state index in [1.54, 1.807) is 0 Å². The number of hydrogen-bond acceptors (Lipinski definition) is 3. The first-order chi connectivity index (χ1) is 11.0. The highest BCUT2D eigenvalue weighted by molar-refractivity contribution is 5.89. The number of nitrogens with zero attached hydrogens (tertiary/aromatic N) is 1. The Morgan fingerprint density at radius 1 is 1.39 bits per heavy atom. The van der Waals surface area contributed by atoms with Crippen LogP contribution in [0.5, 0.6) is 0 Å². The Balaban J connectivity index is 1.76. The summed E-state index contributed by atoms with van der Waals surface area (Å²) >= 11 is 0. The van der Waals surface area contributed by atoms with Crippen molar-refractivity contribution in [2.45, 2.75) is 38.3 Å². The molecule has 0 bridgehead atoms. The second-order valence-electron chi connectivity index (χ2n) is 5.86. The van der Waals surface area contributed by atoms with Crippen molar-refractivity contribution in [3.63, 3.8) is 0 Å². The maximum atomic E-state index is 13.5. The number of aliphatic hydroxyl groups excluding tert-OH is 1. The summed E-state index contributed by atoms with van der Waals surface area (Å²) in [6.45, 7) is 4.19. The number of hydrogen-bond donors (Lipinski definition) is 3. The first-order valence-electron chi connectivity index (χ1n) is 7.91. The molecular weight excluding hydrogens is 304 g/mol. The van der Waals surface area contributed by atoms with Gasteiger partial charge in [-0.15, -0.1) is 0 Å². The zero-order valence-electron chi connectivity index (χ0n) is 13.2. The van der Waals surface area contributed by atoms with Gasteiger partial charge < -0.3 is 20.6 Å². The number of piperidine rings is 1. The van der Waals surface area contributed by atoms with Crippen molar-refractivity contribution < 1.29 is 18.7 Å². The average Bonchev–Trinajstić information content (AvgIpc) is 2.52. The molecule has 1 atom stereocenters. The molecule has 1 fully saturated rings. The van der Waals surface area contributed by atoms with E-state index in [-0.39, 0.29) is 17.8 Å². The average molecular weight is 327 g/mol. The molecular formula is C16H23F2N3O2. The van der Waals surface area contributed by atoms with Crippen LogP contribution in [0, 0.1) is 11.6 Å². The summed E-state index contributed by atoms with van der Waals surface area (Å²) in [5.74, 6) is -1.49. The van der Waals surface area contributed by atoms with Gasteiger partial charge in [0, 0.05) is 31.7 Å². The van der Waals surface area contributed by atoms with Gasteiger partial charge in [0.25, 0.3) is 0 Å². The fraction of sp³-hybridized carbons (Fsp3) is 0.562. The molecule has 3 N–H and O–H groups in total. The molecule has 1 aromatic carbocycles. The highest BCUT2D eigenvalue weighted by Crippen LogP contribution is 2.15. The van der Waals surface area contributed by atoms with Gasteiger partial charge in [0.1, 0.15) is 11.6 Å². The molecule has 1 saturated heterocycles. The van der Waals surface area contributed by atoms with Crippen molar-refractivity contribution in [1.29, 1.82) is 0 Å².